The highest BCUT2D eigenvalue weighted by Gasteiger charge is 2.31. The second-order valence-electron chi connectivity index (χ2n) is 3.87. The first kappa shape index (κ1) is 14.8. The Hall–Kier alpha value is -2.58. The Bertz CT molecular complexity index is 634. The Balaban J connectivity index is 2.03. The lowest BCUT2D eigenvalue weighted by Gasteiger charge is -2.10. The number of ether oxygens (including phenoxy) is 2. The maximum absolute atomic E-state index is 12.8. The molecule has 2 rings (SSSR count). The molecular weight excluding hydrogens is 294 g/mol. The smallest absolute Gasteiger partial charge is 0.459 e. The first-order valence-electron chi connectivity index (χ1n) is 5.59. The fourth-order valence-corrected chi connectivity index (χ4v) is 1.41. The van der Waals surface area contributed by atoms with Crippen molar-refractivity contribution in [1.29, 1.82) is 0 Å². The third-order valence-electron chi connectivity index (χ3n) is 2.25. The number of aromatic nitrogens is 2. The van der Waals surface area contributed by atoms with Crippen LogP contribution in [-0.4, -0.2) is 16.3 Å². The van der Waals surface area contributed by atoms with E-state index in [2.05, 4.69) is 14.7 Å². The van der Waals surface area contributed by atoms with Gasteiger partial charge in [0.25, 0.3) is 0 Å². The fraction of sp³-hybridized carbons (Fsp3) is 0.167. The molecular formula is C12H9F4N3O2. The molecule has 0 saturated heterocycles. The first-order valence-corrected chi connectivity index (χ1v) is 5.59. The van der Waals surface area contributed by atoms with Gasteiger partial charge in [0, 0.05) is 0 Å². The van der Waals surface area contributed by atoms with Crippen molar-refractivity contribution < 1.29 is 27.0 Å². The maximum atomic E-state index is 12.8. The minimum absolute atomic E-state index is 0.125. The number of nitrogens with zero attached hydrogens (tertiary/aromatic N) is 2. The second kappa shape index (κ2) is 5.81. The average Bonchev–Trinajstić information content (AvgIpc) is 2.39. The van der Waals surface area contributed by atoms with E-state index in [0.29, 0.717) is 5.56 Å². The van der Waals surface area contributed by atoms with E-state index in [0.717, 1.165) is 18.3 Å². The number of benzene rings is 1. The number of hydrogen-bond acceptors (Lipinski definition) is 5. The van der Waals surface area contributed by atoms with Crippen molar-refractivity contribution in [2.24, 2.45) is 0 Å². The van der Waals surface area contributed by atoms with Crippen LogP contribution in [0.1, 0.15) is 5.56 Å². The third kappa shape index (κ3) is 4.48. The van der Waals surface area contributed by atoms with Crippen LogP contribution in [0.15, 0.2) is 30.5 Å². The number of nitrogen functional groups attached to an aromatic ring is 1. The van der Waals surface area contributed by atoms with Crippen LogP contribution < -0.4 is 15.2 Å². The summed E-state index contributed by atoms with van der Waals surface area (Å²) >= 11 is 0. The Morgan fingerprint density at radius 1 is 1.24 bits per heavy atom. The molecule has 2 aromatic rings. The lowest BCUT2D eigenvalue weighted by atomic mass is 10.2. The third-order valence-corrected chi connectivity index (χ3v) is 2.25. The highest BCUT2D eigenvalue weighted by atomic mass is 19.4. The van der Waals surface area contributed by atoms with Gasteiger partial charge in [0.05, 0.1) is 6.20 Å². The van der Waals surface area contributed by atoms with Crippen LogP contribution in [0, 0.1) is 5.82 Å². The second-order valence-corrected chi connectivity index (χ2v) is 3.87. The van der Waals surface area contributed by atoms with Gasteiger partial charge in [-0.1, -0.05) is 12.1 Å². The summed E-state index contributed by atoms with van der Waals surface area (Å²) in [5.41, 5.74) is 5.62. The molecule has 21 heavy (non-hydrogen) atoms. The minimum atomic E-state index is -4.77. The van der Waals surface area contributed by atoms with Crippen LogP contribution in [0.2, 0.25) is 0 Å². The van der Waals surface area contributed by atoms with Crippen LogP contribution in [0.25, 0.3) is 0 Å². The van der Waals surface area contributed by atoms with E-state index in [1.807, 2.05) is 0 Å². The summed E-state index contributed by atoms with van der Waals surface area (Å²) < 4.78 is 58.0. The van der Waals surface area contributed by atoms with Crippen molar-refractivity contribution in [2.45, 2.75) is 13.0 Å². The maximum Gasteiger partial charge on any atom is 0.573 e. The lowest BCUT2D eigenvalue weighted by Crippen LogP contribution is -2.17. The predicted octanol–water partition coefficient (Wildman–Crippen LogP) is 2.68. The topological polar surface area (TPSA) is 70.3 Å². The molecule has 0 aliphatic rings. The normalized spacial score (nSPS) is 11.2. The summed E-state index contributed by atoms with van der Waals surface area (Å²) in [6.07, 6.45) is -3.94. The summed E-state index contributed by atoms with van der Waals surface area (Å²) in [6.45, 7) is -0.125. The number of anilines is 1. The standard InChI is InChI=1S/C12H9F4N3O2/c13-9-5-18-11(19-10(9)17)20-6-7-2-1-3-8(4-7)21-12(14,15)16/h1-5H,6H2,(H2,17,18,19). The van der Waals surface area contributed by atoms with E-state index in [4.69, 9.17) is 10.5 Å². The van der Waals surface area contributed by atoms with Gasteiger partial charge in [0.2, 0.25) is 0 Å². The number of alkyl halides is 3. The van der Waals surface area contributed by atoms with Crippen LogP contribution >= 0.6 is 0 Å². The van der Waals surface area contributed by atoms with Gasteiger partial charge in [0.15, 0.2) is 11.6 Å². The number of rotatable bonds is 4. The van der Waals surface area contributed by atoms with Gasteiger partial charge in [0.1, 0.15) is 12.4 Å². The molecule has 0 fully saturated rings. The predicted molar refractivity (Wildman–Crippen MR) is 63.9 cm³/mol. The van der Waals surface area contributed by atoms with E-state index in [-0.39, 0.29) is 24.2 Å². The van der Waals surface area contributed by atoms with Gasteiger partial charge in [-0.15, -0.1) is 13.2 Å². The molecule has 0 radical (unpaired) electrons. The highest BCUT2D eigenvalue weighted by Crippen LogP contribution is 2.23. The number of halogens is 4. The van der Waals surface area contributed by atoms with Crippen molar-refractivity contribution in [3.8, 4) is 11.8 Å². The molecule has 1 heterocycles. The van der Waals surface area contributed by atoms with E-state index >= 15 is 0 Å². The van der Waals surface area contributed by atoms with Gasteiger partial charge in [-0.3, -0.25) is 0 Å². The zero-order valence-corrected chi connectivity index (χ0v) is 10.4. The number of nitrogens with two attached hydrogens (primary N) is 1. The molecule has 0 amide bonds. The Morgan fingerprint density at radius 2 is 2.00 bits per heavy atom. The molecule has 0 unspecified atom stereocenters. The first-order chi connectivity index (χ1) is 9.83. The summed E-state index contributed by atoms with van der Waals surface area (Å²) in [6, 6.07) is 5.02. The van der Waals surface area contributed by atoms with E-state index in [1.54, 1.807) is 0 Å². The Kier molecular flexibility index (Phi) is 4.10. The molecule has 0 atom stereocenters. The van der Waals surface area contributed by atoms with Gasteiger partial charge in [-0.05, 0) is 17.7 Å². The Morgan fingerprint density at radius 3 is 2.67 bits per heavy atom. The van der Waals surface area contributed by atoms with Crippen molar-refractivity contribution in [2.75, 3.05) is 5.73 Å². The van der Waals surface area contributed by atoms with Crippen LogP contribution in [-0.2, 0) is 6.61 Å². The Labute approximate surface area is 116 Å². The molecule has 0 saturated carbocycles. The zero-order valence-electron chi connectivity index (χ0n) is 10.4. The SMILES string of the molecule is Nc1nc(OCc2cccc(OC(F)(F)F)c2)ncc1F. The monoisotopic (exact) mass is 303 g/mol. The van der Waals surface area contributed by atoms with Crippen LogP contribution in [0.5, 0.6) is 11.8 Å². The van der Waals surface area contributed by atoms with Gasteiger partial charge in [-0.2, -0.15) is 4.98 Å². The zero-order chi connectivity index (χ0) is 15.5. The molecule has 0 aliphatic carbocycles. The van der Waals surface area contributed by atoms with Gasteiger partial charge in [-0.25, -0.2) is 9.37 Å². The summed E-state index contributed by atoms with van der Waals surface area (Å²) in [5, 5.41) is 0. The summed E-state index contributed by atoms with van der Waals surface area (Å²) in [7, 11) is 0. The molecule has 1 aromatic heterocycles. The largest absolute Gasteiger partial charge is 0.573 e. The van der Waals surface area contributed by atoms with Crippen LogP contribution in [0.3, 0.4) is 0 Å². The van der Waals surface area contributed by atoms with Gasteiger partial charge < -0.3 is 15.2 Å². The molecule has 0 spiro atoms. The fourth-order valence-electron chi connectivity index (χ4n) is 1.41. The molecule has 1 aromatic carbocycles. The van der Waals surface area contributed by atoms with E-state index in [1.165, 1.54) is 12.1 Å². The molecule has 5 nitrogen and oxygen atoms in total. The molecule has 9 heteroatoms. The van der Waals surface area contributed by atoms with Crippen molar-refractivity contribution >= 4 is 5.82 Å². The summed E-state index contributed by atoms with van der Waals surface area (Å²) in [5.74, 6) is -1.54. The van der Waals surface area contributed by atoms with E-state index < -0.39 is 12.2 Å². The highest BCUT2D eigenvalue weighted by molar-refractivity contribution is 5.30. The molecule has 112 valence electrons. The van der Waals surface area contributed by atoms with Crippen molar-refractivity contribution in [1.82, 2.24) is 9.97 Å². The number of hydrogen-bond donors (Lipinski definition) is 1. The van der Waals surface area contributed by atoms with Crippen LogP contribution in [0.4, 0.5) is 23.4 Å². The quantitative estimate of drug-likeness (QED) is 0.879. The molecule has 0 bridgehead atoms. The van der Waals surface area contributed by atoms with E-state index in [9.17, 15) is 17.6 Å². The molecule has 0 aliphatic heterocycles. The van der Waals surface area contributed by atoms with Crippen molar-refractivity contribution in [3.63, 3.8) is 0 Å². The average molecular weight is 303 g/mol. The van der Waals surface area contributed by atoms with Crippen molar-refractivity contribution in [3.05, 3.63) is 41.8 Å². The lowest BCUT2D eigenvalue weighted by molar-refractivity contribution is -0.274. The minimum Gasteiger partial charge on any atom is -0.459 e. The molecule has 2 N–H and O–H groups in total. The van der Waals surface area contributed by atoms with Gasteiger partial charge >= 0.3 is 12.4 Å². The summed E-state index contributed by atoms with van der Waals surface area (Å²) in [4.78, 5) is 7.06.